The number of aromatic hydroxyl groups is 1. The fourth-order valence-electron chi connectivity index (χ4n) is 2.60. The Kier molecular flexibility index (Phi) is 5.91. The molecule has 3 aromatic rings. The fraction of sp³-hybridized carbons (Fsp3) is 0.0526. The van der Waals surface area contributed by atoms with Crippen molar-refractivity contribution in [1.82, 2.24) is 5.43 Å². The summed E-state index contributed by atoms with van der Waals surface area (Å²) >= 11 is 0. The Labute approximate surface area is 173 Å². The number of hydrogen-bond donors (Lipinski definition) is 2. The fourth-order valence-corrected chi connectivity index (χ4v) is 2.60. The Morgan fingerprint density at radius 3 is 2.45 bits per heavy atom. The molecule has 3 rings (SSSR count). The number of rotatable bonds is 7. The van der Waals surface area contributed by atoms with E-state index >= 15 is 0 Å². The maximum atomic E-state index is 12.1. The molecule has 0 spiro atoms. The van der Waals surface area contributed by atoms with Crippen LogP contribution >= 0.6 is 0 Å². The monoisotopic (exact) mass is 426 g/mol. The van der Waals surface area contributed by atoms with Crippen LogP contribution in [0.1, 0.15) is 16.1 Å². The zero-order chi connectivity index (χ0) is 22.5. The van der Waals surface area contributed by atoms with Crippen molar-refractivity contribution >= 4 is 23.5 Å². The summed E-state index contributed by atoms with van der Waals surface area (Å²) in [6, 6.07) is 10.2. The second-order valence-electron chi connectivity index (χ2n) is 6.00. The summed E-state index contributed by atoms with van der Waals surface area (Å²) in [7, 11) is 1.37. The van der Waals surface area contributed by atoms with Crippen molar-refractivity contribution in [1.29, 1.82) is 0 Å². The van der Waals surface area contributed by atoms with Crippen LogP contribution in [-0.4, -0.2) is 34.2 Å². The van der Waals surface area contributed by atoms with Crippen LogP contribution in [0.25, 0.3) is 11.3 Å². The van der Waals surface area contributed by atoms with E-state index < -0.39 is 21.5 Å². The van der Waals surface area contributed by atoms with E-state index in [-0.39, 0.29) is 28.4 Å². The van der Waals surface area contributed by atoms with Gasteiger partial charge in [0.1, 0.15) is 23.0 Å². The van der Waals surface area contributed by atoms with Crippen molar-refractivity contribution in [3.8, 4) is 22.8 Å². The number of phenolic OH excluding ortho intramolecular Hbond substituents is 1. The molecule has 0 saturated carbocycles. The molecule has 0 unspecified atom stereocenters. The van der Waals surface area contributed by atoms with E-state index in [1.807, 2.05) is 0 Å². The number of ether oxygens (including phenoxy) is 1. The van der Waals surface area contributed by atoms with E-state index in [0.29, 0.717) is 11.3 Å². The number of nitrogens with one attached hydrogen (secondary N) is 1. The summed E-state index contributed by atoms with van der Waals surface area (Å²) in [6.45, 7) is 0. The van der Waals surface area contributed by atoms with Crippen LogP contribution in [0.15, 0.2) is 58.0 Å². The zero-order valence-electron chi connectivity index (χ0n) is 15.8. The maximum Gasteiger partial charge on any atom is 0.275 e. The minimum Gasteiger partial charge on any atom is -0.507 e. The molecule has 31 heavy (non-hydrogen) atoms. The Morgan fingerprint density at radius 1 is 1.10 bits per heavy atom. The van der Waals surface area contributed by atoms with Gasteiger partial charge in [0.25, 0.3) is 17.3 Å². The van der Waals surface area contributed by atoms with Gasteiger partial charge in [-0.15, -0.1) is 0 Å². The summed E-state index contributed by atoms with van der Waals surface area (Å²) in [5.41, 5.74) is 1.79. The SMILES string of the molecule is COc1cc([N+](=O)[O-])ccc1-c1ccc(/C=N/NC(=O)c2cc([N+](=O)[O-])ccc2O)o1. The third kappa shape index (κ3) is 4.64. The number of hydrazone groups is 1. The van der Waals surface area contributed by atoms with Crippen molar-refractivity contribution < 1.29 is 28.9 Å². The first-order valence-electron chi connectivity index (χ1n) is 8.53. The summed E-state index contributed by atoms with van der Waals surface area (Å²) in [6.07, 6.45) is 1.17. The first kappa shape index (κ1) is 21.0. The second-order valence-corrected chi connectivity index (χ2v) is 6.00. The molecule has 158 valence electrons. The Morgan fingerprint density at radius 2 is 1.77 bits per heavy atom. The van der Waals surface area contributed by atoms with Gasteiger partial charge in [-0.2, -0.15) is 5.10 Å². The quantitative estimate of drug-likeness (QED) is 0.329. The van der Waals surface area contributed by atoms with Gasteiger partial charge in [0.15, 0.2) is 0 Å². The van der Waals surface area contributed by atoms with Gasteiger partial charge < -0.3 is 14.3 Å². The molecule has 12 nitrogen and oxygen atoms in total. The molecule has 0 bridgehead atoms. The first-order valence-corrected chi connectivity index (χ1v) is 8.53. The van der Waals surface area contributed by atoms with Crippen molar-refractivity contribution in [3.05, 3.63) is 80.1 Å². The van der Waals surface area contributed by atoms with Crippen LogP contribution in [0.5, 0.6) is 11.5 Å². The van der Waals surface area contributed by atoms with Crippen LogP contribution in [0.3, 0.4) is 0 Å². The number of carbonyl (C=O) groups excluding carboxylic acids is 1. The highest BCUT2D eigenvalue weighted by molar-refractivity contribution is 5.97. The van der Waals surface area contributed by atoms with Crippen LogP contribution in [-0.2, 0) is 0 Å². The van der Waals surface area contributed by atoms with Crippen LogP contribution < -0.4 is 10.2 Å². The van der Waals surface area contributed by atoms with Crippen LogP contribution in [0.4, 0.5) is 11.4 Å². The molecule has 0 radical (unpaired) electrons. The topological polar surface area (TPSA) is 170 Å². The third-order valence-electron chi connectivity index (χ3n) is 4.08. The highest BCUT2D eigenvalue weighted by Crippen LogP contribution is 2.34. The van der Waals surface area contributed by atoms with Crippen molar-refractivity contribution in [3.63, 3.8) is 0 Å². The van der Waals surface area contributed by atoms with E-state index in [1.165, 1.54) is 37.6 Å². The Balaban J connectivity index is 1.75. The number of amides is 1. The smallest absolute Gasteiger partial charge is 0.275 e. The van der Waals surface area contributed by atoms with Gasteiger partial charge in [0.2, 0.25) is 0 Å². The van der Waals surface area contributed by atoms with Gasteiger partial charge in [-0.3, -0.25) is 25.0 Å². The van der Waals surface area contributed by atoms with Gasteiger partial charge >= 0.3 is 0 Å². The molecule has 1 aromatic heterocycles. The van der Waals surface area contributed by atoms with E-state index in [1.54, 1.807) is 6.07 Å². The molecule has 2 aromatic carbocycles. The van der Waals surface area contributed by atoms with E-state index in [2.05, 4.69) is 10.5 Å². The van der Waals surface area contributed by atoms with Crippen LogP contribution in [0.2, 0.25) is 0 Å². The molecule has 0 aliphatic carbocycles. The molecule has 0 aliphatic heterocycles. The second kappa shape index (κ2) is 8.73. The van der Waals surface area contributed by atoms with E-state index in [4.69, 9.17) is 9.15 Å². The number of non-ortho nitro benzene ring substituents is 2. The third-order valence-corrected chi connectivity index (χ3v) is 4.08. The van der Waals surface area contributed by atoms with Crippen molar-refractivity contribution in [2.75, 3.05) is 7.11 Å². The van der Waals surface area contributed by atoms with Gasteiger partial charge in [0.05, 0.1) is 40.4 Å². The number of carbonyl (C=O) groups is 1. The number of phenols is 1. The lowest BCUT2D eigenvalue weighted by atomic mass is 10.1. The highest BCUT2D eigenvalue weighted by atomic mass is 16.6. The summed E-state index contributed by atoms with van der Waals surface area (Å²) in [4.78, 5) is 32.6. The predicted octanol–water partition coefficient (Wildman–Crippen LogP) is 3.24. The standard InChI is InChI=1S/C19H14N4O8/c1-30-18-9-12(23(28)29)2-5-14(18)17-7-4-13(31-17)10-20-21-19(25)15-8-11(22(26)27)3-6-16(15)24/h2-10,24H,1H3,(H,21,25)/b20-10+. The minimum atomic E-state index is -0.860. The largest absolute Gasteiger partial charge is 0.507 e. The van der Waals surface area contributed by atoms with Crippen molar-refractivity contribution in [2.24, 2.45) is 5.10 Å². The Hall–Kier alpha value is -4.74. The molecule has 2 N–H and O–H groups in total. The summed E-state index contributed by atoms with van der Waals surface area (Å²) < 4.78 is 10.8. The average Bonchev–Trinajstić information content (AvgIpc) is 3.21. The molecule has 1 heterocycles. The summed E-state index contributed by atoms with van der Waals surface area (Å²) in [5.74, 6) is -0.485. The molecule has 0 atom stereocenters. The molecule has 12 heteroatoms. The van der Waals surface area contributed by atoms with Gasteiger partial charge in [-0.1, -0.05) is 0 Å². The number of nitrogens with zero attached hydrogens (tertiary/aromatic N) is 3. The number of hydrogen-bond acceptors (Lipinski definition) is 9. The van der Waals surface area contributed by atoms with Gasteiger partial charge in [-0.05, 0) is 24.3 Å². The molecule has 0 aliphatic rings. The normalized spacial score (nSPS) is 10.7. The lowest BCUT2D eigenvalue weighted by Crippen LogP contribution is -2.17. The minimum absolute atomic E-state index is 0.138. The zero-order valence-corrected chi connectivity index (χ0v) is 15.8. The number of methoxy groups -OCH3 is 1. The molecular weight excluding hydrogens is 412 g/mol. The maximum absolute atomic E-state index is 12.1. The summed E-state index contributed by atoms with van der Waals surface area (Å²) in [5, 5.41) is 35.1. The lowest BCUT2D eigenvalue weighted by molar-refractivity contribution is -0.385. The van der Waals surface area contributed by atoms with Crippen molar-refractivity contribution in [2.45, 2.75) is 0 Å². The lowest BCUT2D eigenvalue weighted by Gasteiger charge is -2.05. The van der Waals surface area contributed by atoms with Gasteiger partial charge in [0, 0.05) is 18.2 Å². The molecule has 0 saturated heterocycles. The molecule has 1 amide bonds. The predicted molar refractivity (Wildman–Crippen MR) is 107 cm³/mol. The van der Waals surface area contributed by atoms with Crippen LogP contribution in [0, 0.1) is 20.2 Å². The number of nitro benzene ring substituents is 2. The van der Waals surface area contributed by atoms with Gasteiger partial charge in [-0.25, -0.2) is 5.43 Å². The highest BCUT2D eigenvalue weighted by Gasteiger charge is 2.17. The molecule has 0 fully saturated rings. The first-order chi connectivity index (χ1) is 14.8. The van der Waals surface area contributed by atoms with E-state index in [0.717, 1.165) is 18.2 Å². The number of nitro groups is 2. The van der Waals surface area contributed by atoms with E-state index in [9.17, 15) is 30.1 Å². The number of furan rings is 1. The molecular formula is C19H14N4O8. The Bertz CT molecular complexity index is 1200. The number of benzene rings is 2. The average molecular weight is 426 g/mol.